The summed E-state index contributed by atoms with van der Waals surface area (Å²) < 4.78 is 0. The Hall–Kier alpha value is -0.0800. The van der Waals surface area contributed by atoms with Crippen LogP contribution in [0.5, 0.6) is 0 Å². The predicted octanol–water partition coefficient (Wildman–Crippen LogP) is 2.96. The van der Waals surface area contributed by atoms with Gasteiger partial charge in [-0.05, 0) is 43.6 Å². The van der Waals surface area contributed by atoms with Crippen LogP contribution in [0.1, 0.15) is 58.8 Å². The first kappa shape index (κ1) is 14.0. The van der Waals surface area contributed by atoms with Gasteiger partial charge in [0.1, 0.15) is 0 Å². The summed E-state index contributed by atoms with van der Waals surface area (Å²) in [6, 6.07) is 0. The van der Waals surface area contributed by atoms with Gasteiger partial charge in [-0.15, -0.1) is 0 Å². The lowest BCUT2D eigenvalue weighted by atomic mass is 9.98. The molecular formula is C14H29NO. The van der Waals surface area contributed by atoms with Crippen LogP contribution in [-0.2, 0) is 0 Å². The maximum Gasteiger partial charge on any atom is 0.0436 e. The fourth-order valence-corrected chi connectivity index (χ4v) is 2.41. The third-order valence-corrected chi connectivity index (χ3v) is 4.08. The smallest absolute Gasteiger partial charge is 0.0436 e. The summed E-state index contributed by atoms with van der Waals surface area (Å²) in [6.45, 7) is 7.21. The number of aliphatic hydroxyl groups excluding tert-OH is 1. The summed E-state index contributed by atoms with van der Waals surface area (Å²) in [6.07, 6.45) is 8.95. The third-order valence-electron chi connectivity index (χ3n) is 4.08. The maximum atomic E-state index is 8.98. The van der Waals surface area contributed by atoms with Crippen LogP contribution in [0.15, 0.2) is 0 Å². The van der Waals surface area contributed by atoms with Crippen LogP contribution in [-0.4, -0.2) is 24.8 Å². The van der Waals surface area contributed by atoms with E-state index in [1.165, 1.54) is 45.1 Å². The lowest BCUT2D eigenvalue weighted by Gasteiger charge is -2.19. The lowest BCUT2D eigenvalue weighted by Crippen LogP contribution is -2.29. The van der Waals surface area contributed by atoms with E-state index in [9.17, 15) is 0 Å². The van der Waals surface area contributed by atoms with Gasteiger partial charge in [0.25, 0.3) is 0 Å². The van der Waals surface area contributed by atoms with Crippen molar-refractivity contribution in [2.45, 2.75) is 58.8 Å². The van der Waals surface area contributed by atoms with Gasteiger partial charge < -0.3 is 10.4 Å². The molecule has 0 aliphatic heterocycles. The summed E-state index contributed by atoms with van der Waals surface area (Å²) in [5.74, 6) is 0.852. The Morgan fingerprint density at radius 2 is 2.06 bits per heavy atom. The van der Waals surface area contributed by atoms with Gasteiger partial charge in [-0.25, -0.2) is 0 Å². The van der Waals surface area contributed by atoms with Gasteiger partial charge >= 0.3 is 0 Å². The van der Waals surface area contributed by atoms with Crippen molar-refractivity contribution in [2.24, 2.45) is 11.3 Å². The van der Waals surface area contributed by atoms with Crippen molar-refractivity contribution in [3.05, 3.63) is 0 Å². The topological polar surface area (TPSA) is 32.3 Å². The van der Waals surface area contributed by atoms with E-state index in [0.717, 1.165) is 18.9 Å². The minimum absolute atomic E-state index is 0.356. The predicted molar refractivity (Wildman–Crippen MR) is 69.5 cm³/mol. The number of aliphatic hydroxyl groups is 1. The summed E-state index contributed by atoms with van der Waals surface area (Å²) in [5.41, 5.74) is 0.470. The van der Waals surface area contributed by atoms with Gasteiger partial charge in [0.15, 0.2) is 0 Å². The molecule has 2 nitrogen and oxygen atoms in total. The minimum atomic E-state index is 0.356. The van der Waals surface area contributed by atoms with E-state index in [1.54, 1.807) is 0 Å². The highest BCUT2D eigenvalue weighted by Gasteiger charge is 2.41. The monoisotopic (exact) mass is 227 g/mol. The molecule has 1 aliphatic rings. The molecule has 0 aromatic heterocycles. The molecule has 1 saturated carbocycles. The Morgan fingerprint density at radius 3 is 2.56 bits per heavy atom. The molecule has 0 aromatic carbocycles. The average molecular weight is 227 g/mol. The van der Waals surface area contributed by atoms with E-state index < -0.39 is 0 Å². The van der Waals surface area contributed by atoms with Crippen LogP contribution in [0.4, 0.5) is 0 Å². The Bertz CT molecular complexity index is 178. The number of hydrogen-bond acceptors (Lipinski definition) is 2. The summed E-state index contributed by atoms with van der Waals surface area (Å²) in [4.78, 5) is 0. The largest absolute Gasteiger partial charge is 0.396 e. The molecule has 2 heteroatoms. The Morgan fingerprint density at radius 1 is 1.31 bits per heavy atom. The Labute approximate surface area is 101 Å². The van der Waals surface area contributed by atoms with Gasteiger partial charge in [-0.2, -0.15) is 0 Å². The highest BCUT2D eigenvalue weighted by Crippen LogP contribution is 2.47. The van der Waals surface area contributed by atoms with Crippen molar-refractivity contribution in [3.8, 4) is 0 Å². The Kier molecular flexibility index (Phi) is 6.37. The molecule has 0 amide bonds. The van der Waals surface area contributed by atoms with Gasteiger partial charge in [-0.1, -0.05) is 33.1 Å². The first-order valence-electron chi connectivity index (χ1n) is 7.08. The van der Waals surface area contributed by atoms with Gasteiger partial charge in [0.05, 0.1) is 0 Å². The first-order valence-corrected chi connectivity index (χ1v) is 7.08. The molecule has 1 atom stereocenters. The summed E-state index contributed by atoms with van der Waals surface area (Å²) in [7, 11) is 0. The quantitative estimate of drug-likeness (QED) is 0.601. The normalized spacial score (nSPS) is 19.7. The fraction of sp³-hybridized carbons (Fsp3) is 1.00. The first-order chi connectivity index (χ1) is 7.76. The van der Waals surface area contributed by atoms with Crippen molar-refractivity contribution in [1.82, 2.24) is 5.32 Å². The van der Waals surface area contributed by atoms with Crippen molar-refractivity contribution in [1.29, 1.82) is 0 Å². The molecule has 1 rings (SSSR count). The zero-order valence-corrected chi connectivity index (χ0v) is 11.1. The molecular weight excluding hydrogens is 198 g/mol. The summed E-state index contributed by atoms with van der Waals surface area (Å²) in [5, 5.41) is 12.6. The van der Waals surface area contributed by atoms with Crippen LogP contribution in [0.25, 0.3) is 0 Å². The van der Waals surface area contributed by atoms with Gasteiger partial charge in [0.2, 0.25) is 0 Å². The number of hydrogen-bond donors (Lipinski definition) is 2. The van der Waals surface area contributed by atoms with Crippen LogP contribution in [0.3, 0.4) is 0 Å². The van der Waals surface area contributed by atoms with Gasteiger partial charge in [0, 0.05) is 13.2 Å². The van der Waals surface area contributed by atoms with Crippen LogP contribution in [0, 0.1) is 11.3 Å². The third kappa shape index (κ3) is 4.84. The zero-order chi connectivity index (χ0) is 11.9. The van der Waals surface area contributed by atoms with Crippen molar-refractivity contribution in [3.63, 3.8) is 0 Å². The fourth-order valence-electron chi connectivity index (χ4n) is 2.41. The van der Waals surface area contributed by atoms with Gasteiger partial charge in [-0.3, -0.25) is 0 Å². The molecule has 96 valence electrons. The molecule has 0 radical (unpaired) electrons. The van der Waals surface area contributed by atoms with E-state index in [0.29, 0.717) is 12.0 Å². The molecule has 0 aromatic rings. The van der Waals surface area contributed by atoms with E-state index in [4.69, 9.17) is 5.11 Å². The number of unbranched alkanes of at least 4 members (excludes halogenated alkanes) is 1. The van der Waals surface area contributed by atoms with E-state index >= 15 is 0 Å². The van der Waals surface area contributed by atoms with Crippen LogP contribution >= 0.6 is 0 Å². The van der Waals surface area contributed by atoms with Crippen molar-refractivity contribution in [2.75, 3.05) is 19.7 Å². The number of nitrogens with one attached hydrogen (secondary N) is 1. The molecule has 1 aliphatic carbocycles. The highest BCUT2D eigenvalue weighted by atomic mass is 16.3. The molecule has 0 saturated heterocycles. The Balaban J connectivity index is 2.08. The lowest BCUT2D eigenvalue weighted by molar-refractivity contribution is 0.243. The SMILES string of the molecule is CCCCC(CC)CNCC1(CCO)CC1. The standard InChI is InChI=1S/C14H29NO/c1-3-5-6-13(4-2)11-15-12-14(7-8-14)9-10-16/h13,15-16H,3-12H2,1-2H3. The molecule has 2 N–H and O–H groups in total. The second-order valence-electron chi connectivity index (χ2n) is 5.52. The second-order valence-corrected chi connectivity index (χ2v) is 5.52. The second kappa shape index (κ2) is 7.29. The van der Waals surface area contributed by atoms with E-state index in [1.807, 2.05) is 0 Å². The minimum Gasteiger partial charge on any atom is -0.396 e. The van der Waals surface area contributed by atoms with Crippen LogP contribution in [0.2, 0.25) is 0 Å². The molecule has 0 spiro atoms. The highest BCUT2D eigenvalue weighted by molar-refractivity contribution is 4.94. The molecule has 16 heavy (non-hydrogen) atoms. The van der Waals surface area contributed by atoms with Crippen molar-refractivity contribution >= 4 is 0 Å². The maximum absolute atomic E-state index is 8.98. The number of rotatable bonds is 10. The molecule has 0 heterocycles. The van der Waals surface area contributed by atoms with Crippen molar-refractivity contribution < 1.29 is 5.11 Å². The zero-order valence-electron chi connectivity index (χ0n) is 11.1. The van der Waals surface area contributed by atoms with E-state index in [-0.39, 0.29) is 0 Å². The van der Waals surface area contributed by atoms with Crippen LogP contribution < -0.4 is 5.32 Å². The summed E-state index contributed by atoms with van der Waals surface area (Å²) >= 11 is 0. The van der Waals surface area contributed by atoms with E-state index in [2.05, 4.69) is 19.2 Å². The molecule has 1 fully saturated rings. The molecule has 1 unspecified atom stereocenters. The molecule has 0 bridgehead atoms. The average Bonchev–Trinajstić information content (AvgIpc) is 3.04.